The maximum Gasteiger partial charge on any atom is 0.332 e. The zero-order chi connectivity index (χ0) is 15.6. The Labute approximate surface area is 123 Å². The summed E-state index contributed by atoms with van der Waals surface area (Å²) in [5.41, 5.74) is -0.135. The first-order chi connectivity index (χ1) is 9.88. The minimum absolute atomic E-state index is 0.0817. The Morgan fingerprint density at radius 3 is 2.62 bits per heavy atom. The molecule has 0 saturated carbocycles. The molecule has 0 bridgehead atoms. The van der Waals surface area contributed by atoms with Crippen LogP contribution in [0.5, 0.6) is 0 Å². The Kier molecular flexibility index (Phi) is 4.39. The summed E-state index contributed by atoms with van der Waals surface area (Å²) in [5.74, 6) is -1.71. The molecule has 9 heteroatoms. The van der Waals surface area contributed by atoms with E-state index >= 15 is 0 Å². The van der Waals surface area contributed by atoms with Crippen LogP contribution in [0.1, 0.15) is 12.8 Å². The smallest absolute Gasteiger partial charge is 0.332 e. The minimum atomic E-state index is -1.13. The number of hydrogen-bond acceptors (Lipinski definition) is 5. The van der Waals surface area contributed by atoms with Crippen molar-refractivity contribution in [3.8, 4) is 0 Å². The van der Waals surface area contributed by atoms with Crippen LogP contribution in [0.4, 0.5) is 11.4 Å². The van der Waals surface area contributed by atoms with Crippen LogP contribution in [0.3, 0.4) is 0 Å². The largest absolute Gasteiger partial charge is 0.479 e. The lowest BCUT2D eigenvalue weighted by molar-refractivity contribution is -0.384. The molecule has 1 aliphatic heterocycles. The van der Waals surface area contributed by atoms with Gasteiger partial charge in [-0.05, 0) is 18.9 Å². The number of halogens is 1. The van der Waals surface area contributed by atoms with E-state index in [2.05, 4.69) is 5.32 Å². The zero-order valence-corrected chi connectivity index (χ0v) is 11.4. The molecular weight excluding hydrogens is 304 g/mol. The lowest BCUT2D eigenvalue weighted by atomic mass is 10.2. The van der Waals surface area contributed by atoms with Gasteiger partial charge in [0.2, 0.25) is 0 Å². The number of carbonyl (C=O) groups is 2. The Bertz CT molecular complexity index is 605. The number of carboxylic acids is 1. The van der Waals surface area contributed by atoms with Crippen molar-refractivity contribution in [2.75, 3.05) is 5.32 Å². The van der Waals surface area contributed by atoms with Crippen molar-refractivity contribution in [3.05, 3.63) is 33.3 Å². The molecule has 1 heterocycles. The number of amides is 1. The monoisotopic (exact) mass is 314 g/mol. The fraction of sp³-hybridized carbons (Fsp3) is 0.333. The van der Waals surface area contributed by atoms with E-state index in [9.17, 15) is 19.7 Å². The van der Waals surface area contributed by atoms with Crippen molar-refractivity contribution in [1.29, 1.82) is 0 Å². The van der Waals surface area contributed by atoms with Crippen LogP contribution < -0.4 is 5.32 Å². The molecule has 0 spiro atoms. The fourth-order valence-corrected chi connectivity index (χ4v) is 2.11. The summed E-state index contributed by atoms with van der Waals surface area (Å²) < 4.78 is 5.09. The fourth-order valence-electron chi connectivity index (χ4n) is 1.95. The Balaban J connectivity index is 2.08. The van der Waals surface area contributed by atoms with Crippen LogP contribution in [-0.2, 0) is 14.3 Å². The number of nitro benzene ring substituents is 1. The molecule has 1 fully saturated rings. The van der Waals surface area contributed by atoms with E-state index in [0.29, 0.717) is 0 Å². The van der Waals surface area contributed by atoms with Gasteiger partial charge in [0.05, 0.1) is 15.6 Å². The minimum Gasteiger partial charge on any atom is -0.479 e. The lowest BCUT2D eigenvalue weighted by Gasteiger charge is -2.12. The molecule has 21 heavy (non-hydrogen) atoms. The topological polar surface area (TPSA) is 119 Å². The lowest BCUT2D eigenvalue weighted by Crippen LogP contribution is -2.30. The first-order valence-electron chi connectivity index (χ1n) is 6.01. The Hall–Kier alpha value is -2.19. The molecule has 8 nitrogen and oxygen atoms in total. The summed E-state index contributed by atoms with van der Waals surface area (Å²) in [6.45, 7) is 0. The van der Waals surface area contributed by atoms with Crippen molar-refractivity contribution in [2.45, 2.75) is 25.0 Å². The van der Waals surface area contributed by atoms with Crippen molar-refractivity contribution >= 4 is 34.9 Å². The second-order valence-electron chi connectivity index (χ2n) is 4.44. The van der Waals surface area contributed by atoms with E-state index in [-0.39, 0.29) is 29.2 Å². The number of rotatable bonds is 4. The summed E-state index contributed by atoms with van der Waals surface area (Å²) in [4.78, 5) is 32.8. The highest BCUT2D eigenvalue weighted by atomic mass is 35.5. The maximum absolute atomic E-state index is 12.0. The summed E-state index contributed by atoms with van der Waals surface area (Å²) in [6.07, 6.45) is -1.44. The van der Waals surface area contributed by atoms with Crippen LogP contribution in [0.2, 0.25) is 5.02 Å². The van der Waals surface area contributed by atoms with Crippen molar-refractivity contribution in [2.24, 2.45) is 0 Å². The maximum atomic E-state index is 12.0. The van der Waals surface area contributed by atoms with Crippen LogP contribution >= 0.6 is 11.6 Å². The first-order valence-corrected chi connectivity index (χ1v) is 6.39. The van der Waals surface area contributed by atoms with Crippen LogP contribution in [0.25, 0.3) is 0 Å². The standard InChI is InChI=1S/C12H11ClN2O6/c13-7-2-1-6(15(19)20)5-8(7)14-11(16)9-3-4-10(21-9)12(17)18/h1-2,5,9-10H,3-4H2,(H,14,16)(H,17,18). The number of ether oxygens (including phenoxy) is 1. The number of non-ortho nitro benzene ring substituents is 1. The molecule has 0 radical (unpaired) electrons. The predicted octanol–water partition coefficient (Wildman–Crippen LogP) is 1.82. The molecule has 1 saturated heterocycles. The van der Waals surface area contributed by atoms with E-state index in [1.165, 1.54) is 12.1 Å². The molecule has 2 unspecified atom stereocenters. The normalized spacial score (nSPS) is 21.0. The van der Waals surface area contributed by atoms with E-state index < -0.39 is 29.0 Å². The van der Waals surface area contributed by atoms with E-state index in [1.54, 1.807) is 0 Å². The van der Waals surface area contributed by atoms with E-state index in [1.807, 2.05) is 0 Å². The third kappa shape index (κ3) is 3.47. The van der Waals surface area contributed by atoms with Gasteiger partial charge in [-0.1, -0.05) is 11.6 Å². The molecule has 2 N–H and O–H groups in total. The van der Waals surface area contributed by atoms with Crippen LogP contribution in [0, 0.1) is 10.1 Å². The summed E-state index contributed by atoms with van der Waals surface area (Å²) in [5, 5.41) is 22.0. The van der Waals surface area contributed by atoms with E-state index in [0.717, 1.165) is 6.07 Å². The number of nitrogens with one attached hydrogen (secondary N) is 1. The zero-order valence-electron chi connectivity index (χ0n) is 10.6. The van der Waals surface area contributed by atoms with Crippen molar-refractivity contribution in [3.63, 3.8) is 0 Å². The van der Waals surface area contributed by atoms with Gasteiger partial charge in [-0.25, -0.2) is 4.79 Å². The third-order valence-electron chi connectivity index (χ3n) is 3.01. The SMILES string of the molecule is O=C(O)C1CCC(C(=O)Nc2cc([N+](=O)[O-])ccc2Cl)O1. The quantitative estimate of drug-likeness (QED) is 0.646. The first kappa shape index (κ1) is 15.2. The second kappa shape index (κ2) is 6.06. The van der Waals surface area contributed by atoms with Gasteiger partial charge in [0.15, 0.2) is 6.10 Å². The van der Waals surface area contributed by atoms with Gasteiger partial charge in [-0.2, -0.15) is 0 Å². The molecule has 0 aromatic heterocycles. The number of nitrogens with zero attached hydrogens (tertiary/aromatic N) is 1. The number of benzene rings is 1. The molecule has 1 aromatic rings. The number of carbonyl (C=O) groups excluding carboxylic acids is 1. The van der Waals surface area contributed by atoms with Gasteiger partial charge >= 0.3 is 5.97 Å². The molecule has 1 aliphatic rings. The summed E-state index contributed by atoms with van der Waals surface area (Å²) >= 11 is 5.86. The van der Waals surface area contributed by atoms with Gasteiger partial charge in [-0.3, -0.25) is 14.9 Å². The molecule has 2 atom stereocenters. The summed E-state index contributed by atoms with van der Waals surface area (Å²) in [7, 11) is 0. The Morgan fingerprint density at radius 2 is 2.05 bits per heavy atom. The second-order valence-corrected chi connectivity index (χ2v) is 4.85. The number of nitro groups is 1. The highest BCUT2D eigenvalue weighted by Crippen LogP contribution is 2.28. The highest BCUT2D eigenvalue weighted by molar-refractivity contribution is 6.33. The van der Waals surface area contributed by atoms with Crippen LogP contribution in [0.15, 0.2) is 18.2 Å². The molecule has 112 valence electrons. The van der Waals surface area contributed by atoms with Gasteiger partial charge in [0, 0.05) is 12.1 Å². The molecular formula is C12H11ClN2O6. The number of hydrogen-bond donors (Lipinski definition) is 2. The summed E-state index contributed by atoms with van der Waals surface area (Å²) in [6, 6.07) is 3.64. The Morgan fingerprint density at radius 1 is 1.38 bits per heavy atom. The van der Waals surface area contributed by atoms with Gasteiger partial charge in [0.1, 0.15) is 6.10 Å². The third-order valence-corrected chi connectivity index (χ3v) is 3.34. The number of anilines is 1. The molecule has 2 rings (SSSR count). The highest BCUT2D eigenvalue weighted by Gasteiger charge is 2.35. The molecule has 1 aromatic carbocycles. The average molecular weight is 315 g/mol. The molecule has 0 aliphatic carbocycles. The van der Waals surface area contributed by atoms with Crippen molar-refractivity contribution < 1.29 is 24.4 Å². The average Bonchev–Trinajstić information content (AvgIpc) is 2.90. The predicted molar refractivity (Wildman–Crippen MR) is 72.3 cm³/mol. The van der Waals surface area contributed by atoms with E-state index in [4.69, 9.17) is 21.4 Å². The van der Waals surface area contributed by atoms with Crippen molar-refractivity contribution in [1.82, 2.24) is 0 Å². The number of aliphatic carboxylic acids is 1. The molecule has 1 amide bonds. The van der Waals surface area contributed by atoms with Gasteiger partial charge < -0.3 is 15.2 Å². The van der Waals surface area contributed by atoms with Gasteiger partial charge in [0.25, 0.3) is 11.6 Å². The number of carboxylic acid groups (broad SMARTS) is 1. The van der Waals surface area contributed by atoms with Gasteiger partial charge in [-0.15, -0.1) is 0 Å². The van der Waals surface area contributed by atoms with Crippen LogP contribution in [-0.4, -0.2) is 34.1 Å².